The Labute approximate surface area is 157 Å². The molecule has 0 radical (unpaired) electrons. The molecule has 8 heteroatoms. The zero-order valence-electron chi connectivity index (χ0n) is 13.9. The third-order valence-electron chi connectivity index (χ3n) is 3.93. The second-order valence-corrected chi connectivity index (χ2v) is 6.49. The molecule has 0 N–H and O–H groups in total. The summed E-state index contributed by atoms with van der Waals surface area (Å²) in [4.78, 5) is 32.5. The average Bonchev–Trinajstić information content (AvgIpc) is 3.11. The predicted octanol–water partition coefficient (Wildman–Crippen LogP) is 3.90. The van der Waals surface area contributed by atoms with Crippen molar-refractivity contribution in [1.29, 1.82) is 0 Å². The van der Waals surface area contributed by atoms with Gasteiger partial charge in [-0.1, -0.05) is 24.3 Å². The van der Waals surface area contributed by atoms with E-state index in [1.165, 1.54) is 27.9 Å². The molecule has 1 aromatic carbocycles. The third kappa shape index (κ3) is 3.25. The molecule has 132 valence electrons. The van der Waals surface area contributed by atoms with Crippen LogP contribution in [0.3, 0.4) is 0 Å². The summed E-state index contributed by atoms with van der Waals surface area (Å²) in [6.07, 6.45) is 6.95. The summed E-state index contributed by atoms with van der Waals surface area (Å²) in [5, 5.41) is 13.0. The predicted molar refractivity (Wildman–Crippen MR) is 105 cm³/mol. The monoisotopic (exact) mass is 376 g/mol. The van der Waals surface area contributed by atoms with Gasteiger partial charge in [0.05, 0.1) is 21.9 Å². The van der Waals surface area contributed by atoms with E-state index in [9.17, 15) is 14.9 Å². The molecule has 0 aliphatic heterocycles. The molecule has 0 unspecified atom stereocenters. The minimum atomic E-state index is -0.456. The largest absolute Gasteiger partial charge is 0.278 e. The van der Waals surface area contributed by atoms with Crippen molar-refractivity contribution in [2.24, 2.45) is 0 Å². The Balaban J connectivity index is 1.81. The number of hydrogen-bond acceptors (Lipinski definition) is 6. The van der Waals surface area contributed by atoms with Crippen LogP contribution in [0.4, 0.5) is 5.69 Å². The number of thiazole rings is 1. The number of para-hydroxylation sites is 1. The number of benzene rings is 1. The Morgan fingerprint density at radius 2 is 2.00 bits per heavy atom. The first-order valence-corrected chi connectivity index (χ1v) is 8.84. The first kappa shape index (κ1) is 16.8. The fourth-order valence-corrected chi connectivity index (χ4v) is 3.62. The first-order valence-electron chi connectivity index (χ1n) is 7.97. The average molecular weight is 376 g/mol. The van der Waals surface area contributed by atoms with Gasteiger partial charge >= 0.3 is 0 Å². The topological polar surface area (TPSA) is 90.4 Å². The van der Waals surface area contributed by atoms with Crippen LogP contribution in [-0.2, 0) is 0 Å². The Hall–Kier alpha value is -3.65. The van der Waals surface area contributed by atoms with Crippen molar-refractivity contribution >= 4 is 34.1 Å². The van der Waals surface area contributed by atoms with Gasteiger partial charge in [0.15, 0.2) is 4.96 Å². The molecular formula is C19H12N4O3S. The standard InChI is InChI=1S/C19H12N4O3S/c24-18-10-14(8-7-13-4-3-9-20-11-13)21-19-22(18)17(12-27-19)15-5-1-2-6-16(15)23(25)26/h1-12H/b8-7+. The molecule has 0 bridgehead atoms. The van der Waals surface area contributed by atoms with Crippen molar-refractivity contribution in [2.75, 3.05) is 0 Å². The van der Waals surface area contributed by atoms with E-state index in [2.05, 4.69) is 9.97 Å². The summed E-state index contributed by atoms with van der Waals surface area (Å²) in [6, 6.07) is 11.5. The van der Waals surface area contributed by atoms with Gasteiger partial charge in [0, 0.05) is 29.9 Å². The van der Waals surface area contributed by atoms with Gasteiger partial charge in [-0.05, 0) is 23.8 Å². The number of aromatic nitrogens is 3. The highest BCUT2D eigenvalue weighted by molar-refractivity contribution is 7.15. The highest BCUT2D eigenvalue weighted by atomic mass is 32.1. The zero-order chi connectivity index (χ0) is 18.8. The lowest BCUT2D eigenvalue weighted by Crippen LogP contribution is -2.14. The number of pyridine rings is 1. The molecule has 0 saturated carbocycles. The normalized spacial score (nSPS) is 11.3. The van der Waals surface area contributed by atoms with Crippen LogP contribution in [-0.4, -0.2) is 19.3 Å². The molecule has 4 rings (SSSR count). The fraction of sp³-hybridized carbons (Fsp3) is 0. The maximum atomic E-state index is 12.7. The second-order valence-electron chi connectivity index (χ2n) is 5.65. The molecule has 3 heterocycles. The van der Waals surface area contributed by atoms with E-state index < -0.39 is 4.92 Å². The maximum absolute atomic E-state index is 12.7. The molecular weight excluding hydrogens is 364 g/mol. The smallest absolute Gasteiger partial charge is 0.269 e. The Morgan fingerprint density at radius 3 is 2.78 bits per heavy atom. The van der Waals surface area contributed by atoms with Crippen molar-refractivity contribution < 1.29 is 4.92 Å². The van der Waals surface area contributed by atoms with E-state index in [-0.39, 0.29) is 11.2 Å². The van der Waals surface area contributed by atoms with Crippen LogP contribution in [0.25, 0.3) is 28.4 Å². The van der Waals surface area contributed by atoms with Gasteiger partial charge in [0.2, 0.25) is 0 Å². The zero-order valence-corrected chi connectivity index (χ0v) is 14.7. The Kier molecular flexibility index (Phi) is 4.31. The van der Waals surface area contributed by atoms with E-state index in [1.54, 1.807) is 42.0 Å². The summed E-state index contributed by atoms with van der Waals surface area (Å²) < 4.78 is 1.40. The molecule has 0 aliphatic rings. The quantitative estimate of drug-likeness (QED) is 0.398. The lowest BCUT2D eigenvalue weighted by atomic mass is 10.1. The first-order chi connectivity index (χ1) is 13.1. The Morgan fingerprint density at radius 1 is 1.15 bits per heavy atom. The van der Waals surface area contributed by atoms with Crippen LogP contribution in [0, 0.1) is 10.1 Å². The number of nitrogens with zero attached hydrogens (tertiary/aromatic N) is 4. The lowest BCUT2D eigenvalue weighted by Gasteiger charge is -2.03. The van der Waals surface area contributed by atoms with E-state index in [4.69, 9.17) is 0 Å². The van der Waals surface area contributed by atoms with Crippen molar-refractivity contribution in [3.05, 3.63) is 92.0 Å². The summed E-state index contributed by atoms with van der Waals surface area (Å²) in [5.41, 5.74) is 1.91. The van der Waals surface area contributed by atoms with Gasteiger partial charge in [0.1, 0.15) is 0 Å². The van der Waals surface area contributed by atoms with E-state index in [1.807, 2.05) is 18.2 Å². The van der Waals surface area contributed by atoms with Crippen LogP contribution in [0.15, 0.2) is 65.0 Å². The Bertz CT molecular complexity index is 1230. The van der Waals surface area contributed by atoms with Crippen LogP contribution < -0.4 is 5.56 Å². The highest BCUT2D eigenvalue weighted by Gasteiger charge is 2.18. The summed E-state index contributed by atoms with van der Waals surface area (Å²) in [7, 11) is 0. The minimum Gasteiger partial charge on any atom is -0.269 e. The number of nitro groups is 1. The van der Waals surface area contributed by atoms with Gasteiger partial charge < -0.3 is 0 Å². The number of rotatable bonds is 4. The number of hydrogen-bond donors (Lipinski definition) is 0. The van der Waals surface area contributed by atoms with Crippen molar-refractivity contribution in [3.63, 3.8) is 0 Å². The molecule has 3 aromatic heterocycles. The van der Waals surface area contributed by atoms with Crippen LogP contribution in [0.5, 0.6) is 0 Å². The summed E-state index contributed by atoms with van der Waals surface area (Å²) >= 11 is 1.26. The summed E-state index contributed by atoms with van der Waals surface area (Å²) in [6.45, 7) is 0. The molecule has 0 amide bonds. The molecule has 0 fully saturated rings. The van der Waals surface area contributed by atoms with Crippen LogP contribution >= 0.6 is 11.3 Å². The van der Waals surface area contributed by atoms with Crippen LogP contribution in [0.2, 0.25) is 0 Å². The molecule has 0 atom stereocenters. The fourth-order valence-electron chi connectivity index (χ4n) is 2.71. The van der Waals surface area contributed by atoms with Gasteiger partial charge in [-0.15, -0.1) is 11.3 Å². The molecule has 0 spiro atoms. The van der Waals surface area contributed by atoms with E-state index in [0.717, 1.165) is 5.56 Å². The van der Waals surface area contributed by atoms with E-state index in [0.29, 0.717) is 21.9 Å². The maximum Gasteiger partial charge on any atom is 0.278 e. The minimum absolute atomic E-state index is 0.0513. The van der Waals surface area contributed by atoms with Gasteiger partial charge in [-0.3, -0.25) is 24.3 Å². The number of nitro benzene ring substituents is 1. The molecule has 0 saturated heterocycles. The van der Waals surface area contributed by atoms with Gasteiger partial charge in [-0.25, -0.2) is 4.98 Å². The van der Waals surface area contributed by atoms with Gasteiger partial charge in [-0.2, -0.15) is 0 Å². The molecule has 7 nitrogen and oxygen atoms in total. The molecule has 0 aliphatic carbocycles. The van der Waals surface area contributed by atoms with Crippen molar-refractivity contribution in [3.8, 4) is 11.3 Å². The summed E-state index contributed by atoms with van der Waals surface area (Å²) in [5.74, 6) is 0. The highest BCUT2D eigenvalue weighted by Crippen LogP contribution is 2.31. The lowest BCUT2D eigenvalue weighted by molar-refractivity contribution is -0.384. The van der Waals surface area contributed by atoms with E-state index >= 15 is 0 Å². The van der Waals surface area contributed by atoms with Crippen molar-refractivity contribution in [2.45, 2.75) is 0 Å². The van der Waals surface area contributed by atoms with Gasteiger partial charge in [0.25, 0.3) is 11.2 Å². The SMILES string of the molecule is O=c1cc(/C=C/c2cccnc2)nc2scc(-c3ccccc3[N+](=O)[O-])n12. The third-order valence-corrected chi connectivity index (χ3v) is 4.76. The molecule has 4 aromatic rings. The number of fused-ring (bicyclic) bond motifs is 1. The van der Waals surface area contributed by atoms with Crippen LogP contribution in [0.1, 0.15) is 11.3 Å². The second kappa shape index (κ2) is 6.93. The van der Waals surface area contributed by atoms with Crippen molar-refractivity contribution in [1.82, 2.24) is 14.4 Å². The molecule has 27 heavy (non-hydrogen) atoms.